The molecule has 0 amide bonds. The minimum absolute atomic E-state index is 0. The zero-order valence-corrected chi connectivity index (χ0v) is 17.9. The van der Waals surface area contributed by atoms with E-state index in [1.807, 2.05) is 0 Å². The van der Waals surface area contributed by atoms with Gasteiger partial charge >= 0.3 is 5.97 Å². The smallest absolute Gasteiger partial charge is 0.317 e. The molecule has 0 saturated carbocycles. The Morgan fingerprint density at radius 1 is 0.731 bits per heavy atom. The molecule has 0 spiro atoms. The second-order valence-electron chi connectivity index (χ2n) is 8.33. The van der Waals surface area contributed by atoms with Gasteiger partial charge in [0.1, 0.15) is 0 Å². The fraction of sp³-hybridized carbons (Fsp3) is 0.955. The second-order valence-corrected chi connectivity index (χ2v) is 8.33. The lowest BCUT2D eigenvalue weighted by atomic mass is 9.96. The highest BCUT2D eigenvalue weighted by Crippen LogP contribution is 2.16. The van der Waals surface area contributed by atoms with E-state index in [1.165, 1.54) is 96.3 Å². The largest absolute Gasteiger partial charge is 0.480 e. The molecule has 0 aliphatic heterocycles. The molecule has 0 bridgehead atoms. The van der Waals surface area contributed by atoms with Crippen LogP contribution < -0.4 is 5.32 Å². The van der Waals surface area contributed by atoms with Gasteiger partial charge < -0.3 is 15.9 Å². The highest BCUT2D eigenvalue weighted by Gasteiger charge is 2.17. The Morgan fingerprint density at radius 3 is 1.42 bits per heavy atom. The van der Waals surface area contributed by atoms with Gasteiger partial charge in [-0.3, -0.25) is 4.79 Å². The molecule has 0 saturated heterocycles. The average molecular weight is 374 g/mol. The maximum atomic E-state index is 10.6. The molecule has 0 radical (unpaired) electrons. The van der Waals surface area contributed by atoms with Crippen molar-refractivity contribution in [1.29, 1.82) is 0 Å². The number of rotatable bonds is 19. The first-order valence-corrected chi connectivity index (χ1v) is 10.9. The predicted molar refractivity (Wildman–Crippen MR) is 113 cm³/mol. The molecule has 0 fully saturated rings. The van der Waals surface area contributed by atoms with Gasteiger partial charge in [0.25, 0.3) is 0 Å². The monoisotopic (exact) mass is 373 g/mol. The molecule has 4 N–H and O–H groups in total. The minimum atomic E-state index is -0.774. The maximum absolute atomic E-state index is 10.6. The molecule has 0 atom stereocenters. The van der Waals surface area contributed by atoms with Gasteiger partial charge in [0.05, 0.1) is 6.54 Å². The van der Waals surface area contributed by atoms with Gasteiger partial charge in [-0.25, -0.2) is 0 Å². The van der Waals surface area contributed by atoms with Crippen LogP contribution in [-0.4, -0.2) is 28.6 Å². The van der Waals surface area contributed by atoms with E-state index in [-0.39, 0.29) is 17.6 Å². The van der Waals surface area contributed by atoms with Crippen LogP contribution >= 0.6 is 0 Å². The number of carboxylic acids is 1. The topological polar surface area (TPSA) is 80.8 Å². The summed E-state index contributed by atoms with van der Waals surface area (Å²) in [5.41, 5.74) is -0.0606. The molecule has 4 nitrogen and oxygen atoms in total. The molecule has 0 aromatic heterocycles. The molecule has 0 aromatic carbocycles. The van der Waals surface area contributed by atoms with Gasteiger partial charge in [0.15, 0.2) is 0 Å². The lowest BCUT2D eigenvalue weighted by Crippen LogP contribution is -2.42. The second kappa shape index (κ2) is 19.2. The number of carboxylic acid groups (broad SMARTS) is 1. The molecule has 0 aliphatic carbocycles. The molecule has 158 valence electrons. The molecular weight excluding hydrogens is 326 g/mol. The number of unbranched alkanes of at least 4 members (excludes halogenated alkanes) is 14. The molecule has 0 heterocycles. The summed E-state index contributed by atoms with van der Waals surface area (Å²) in [6, 6.07) is 0. The Hall–Kier alpha value is -0.610. The van der Waals surface area contributed by atoms with Gasteiger partial charge in [0, 0.05) is 5.54 Å². The Kier molecular flexibility index (Phi) is 20.3. The minimum Gasteiger partial charge on any atom is -0.480 e. The number of hydrogen-bond acceptors (Lipinski definition) is 2. The summed E-state index contributed by atoms with van der Waals surface area (Å²) in [7, 11) is 0. The third-order valence-electron chi connectivity index (χ3n) is 5.12. The summed E-state index contributed by atoms with van der Waals surface area (Å²) in [5.74, 6) is -0.774. The first-order chi connectivity index (χ1) is 12.0. The van der Waals surface area contributed by atoms with Gasteiger partial charge in [-0.05, 0) is 20.3 Å². The lowest BCUT2D eigenvalue weighted by molar-refractivity contribution is -0.136. The molecule has 0 aliphatic rings. The summed E-state index contributed by atoms with van der Waals surface area (Å²) in [5, 5.41) is 11.8. The quantitative estimate of drug-likeness (QED) is 0.278. The van der Waals surface area contributed by atoms with E-state index < -0.39 is 5.97 Å². The van der Waals surface area contributed by atoms with Crippen molar-refractivity contribution in [2.24, 2.45) is 0 Å². The molecule has 0 rings (SSSR count). The van der Waals surface area contributed by atoms with Crippen molar-refractivity contribution in [3.05, 3.63) is 0 Å². The predicted octanol–water partition coefficient (Wildman–Crippen LogP) is 5.88. The van der Waals surface area contributed by atoms with Crippen LogP contribution in [0.25, 0.3) is 0 Å². The SMILES string of the molecule is CCCCCCCCCCCCCCCCCC(C)(C)NCC(=O)O.O. The van der Waals surface area contributed by atoms with Crippen LogP contribution in [0, 0.1) is 0 Å². The van der Waals surface area contributed by atoms with Crippen LogP contribution in [0.3, 0.4) is 0 Å². The van der Waals surface area contributed by atoms with Crippen LogP contribution in [0.15, 0.2) is 0 Å². The summed E-state index contributed by atoms with van der Waals surface area (Å²) in [4.78, 5) is 10.6. The van der Waals surface area contributed by atoms with E-state index in [1.54, 1.807) is 0 Å². The van der Waals surface area contributed by atoms with Crippen molar-refractivity contribution in [2.45, 2.75) is 129 Å². The van der Waals surface area contributed by atoms with Crippen molar-refractivity contribution in [3.8, 4) is 0 Å². The normalized spacial score (nSPS) is 11.3. The fourth-order valence-electron chi connectivity index (χ4n) is 3.34. The van der Waals surface area contributed by atoms with E-state index in [2.05, 4.69) is 26.1 Å². The Balaban J connectivity index is 0. The zero-order valence-electron chi connectivity index (χ0n) is 17.9. The van der Waals surface area contributed by atoms with Gasteiger partial charge in [0.2, 0.25) is 0 Å². The van der Waals surface area contributed by atoms with Crippen molar-refractivity contribution < 1.29 is 15.4 Å². The number of nitrogens with one attached hydrogen (secondary N) is 1. The molecule has 26 heavy (non-hydrogen) atoms. The molecule has 0 unspecified atom stereocenters. The molecule has 4 heteroatoms. The Labute approximate surface area is 162 Å². The number of carbonyl (C=O) groups is 1. The third-order valence-corrected chi connectivity index (χ3v) is 5.12. The van der Waals surface area contributed by atoms with Crippen molar-refractivity contribution in [1.82, 2.24) is 5.32 Å². The maximum Gasteiger partial charge on any atom is 0.317 e. The van der Waals surface area contributed by atoms with Crippen LogP contribution in [0.1, 0.15) is 124 Å². The first kappa shape index (κ1) is 27.6. The van der Waals surface area contributed by atoms with Crippen LogP contribution in [-0.2, 0) is 4.79 Å². The van der Waals surface area contributed by atoms with E-state index in [0.717, 1.165) is 6.42 Å². The third kappa shape index (κ3) is 21.4. The first-order valence-electron chi connectivity index (χ1n) is 10.9. The van der Waals surface area contributed by atoms with Gasteiger partial charge in [-0.1, -0.05) is 103 Å². The average Bonchev–Trinajstić information content (AvgIpc) is 2.56. The van der Waals surface area contributed by atoms with E-state index in [9.17, 15) is 4.79 Å². The standard InChI is InChI=1S/C22H45NO2.H2O/c1-4-5-6-7-8-9-10-11-12-13-14-15-16-17-18-19-22(2,3)23-20-21(24)25;/h23H,4-20H2,1-3H3,(H,24,25);1H2. The summed E-state index contributed by atoms with van der Waals surface area (Å²) >= 11 is 0. The van der Waals surface area contributed by atoms with Gasteiger partial charge in [-0.15, -0.1) is 0 Å². The zero-order chi connectivity index (χ0) is 18.8. The van der Waals surface area contributed by atoms with Crippen LogP contribution in [0.5, 0.6) is 0 Å². The van der Waals surface area contributed by atoms with Crippen LogP contribution in [0.4, 0.5) is 0 Å². The van der Waals surface area contributed by atoms with E-state index in [4.69, 9.17) is 5.11 Å². The van der Waals surface area contributed by atoms with Crippen molar-refractivity contribution in [3.63, 3.8) is 0 Å². The molecule has 0 aromatic rings. The highest BCUT2D eigenvalue weighted by atomic mass is 16.4. The number of hydrogen-bond donors (Lipinski definition) is 2. The van der Waals surface area contributed by atoms with E-state index in [0.29, 0.717) is 0 Å². The lowest BCUT2D eigenvalue weighted by Gasteiger charge is -2.25. The van der Waals surface area contributed by atoms with Crippen molar-refractivity contribution >= 4 is 5.97 Å². The molecular formula is C22H47NO3. The summed E-state index contributed by atoms with van der Waals surface area (Å²) in [6.07, 6.45) is 21.8. The summed E-state index contributed by atoms with van der Waals surface area (Å²) in [6.45, 7) is 6.53. The Morgan fingerprint density at radius 2 is 1.08 bits per heavy atom. The Bertz CT molecular complexity index is 306. The summed E-state index contributed by atoms with van der Waals surface area (Å²) < 4.78 is 0. The van der Waals surface area contributed by atoms with E-state index >= 15 is 0 Å². The fourth-order valence-corrected chi connectivity index (χ4v) is 3.34. The van der Waals surface area contributed by atoms with Crippen molar-refractivity contribution in [2.75, 3.05) is 6.54 Å². The highest BCUT2D eigenvalue weighted by molar-refractivity contribution is 5.69. The van der Waals surface area contributed by atoms with Gasteiger partial charge in [-0.2, -0.15) is 0 Å². The number of aliphatic carboxylic acids is 1. The van der Waals surface area contributed by atoms with Crippen LogP contribution in [0.2, 0.25) is 0 Å².